The van der Waals surface area contributed by atoms with E-state index in [2.05, 4.69) is 30.6 Å². The molecule has 0 fully saturated rings. The summed E-state index contributed by atoms with van der Waals surface area (Å²) in [5, 5.41) is 12.6. The SMILES string of the molecule is COC(=O)OC(Oc1c(C(=O)NCc2ccc(F)cc2)nc(C(C)(C)NC(=O)c2nnc(C)o2)n(C)c1=O)C(C)C. The van der Waals surface area contributed by atoms with E-state index in [1.807, 2.05) is 0 Å². The topological polar surface area (TPSA) is 177 Å². The van der Waals surface area contributed by atoms with Gasteiger partial charge in [0, 0.05) is 26.4 Å². The van der Waals surface area contributed by atoms with Crippen LogP contribution >= 0.6 is 0 Å². The molecule has 15 heteroatoms. The second-order valence-electron chi connectivity index (χ2n) is 9.79. The van der Waals surface area contributed by atoms with Gasteiger partial charge in [-0.05, 0) is 31.5 Å². The molecular weight excluding hydrogens is 543 g/mol. The molecule has 0 saturated heterocycles. The molecule has 2 aromatic heterocycles. The Bertz CT molecular complexity index is 1480. The van der Waals surface area contributed by atoms with Crippen molar-refractivity contribution in [1.82, 2.24) is 30.4 Å². The monoisotopic (exact) mass is 574 g/mol. The fourth-order valence-corrected chi connectivity index (χ4v) is 3.61. The van der Waals surface area contributed by atoms with E-state index in [9.17, 15) is 23.6 Å². The molecule has 0 aliphatic heterocycles. The number of nitrogens with zero attached hydrogens (tertiary/aromatic N) is 4. The summed E-state index contributed by atoms with van der Waals surface area (Å²) in [6, 6.07) is 5.43. The van der Waals surface area contributed by atoms with Crippen molar-refractivity contribution in [2.45, 2.75) is 53.0 Å². The van der Waals surface area contributed by atoms with Gasteiger partial charge in [0.05, 0.1) is 12.6 Å². The second kappa shape index (κ2) is 12.6. The maximum absolute atomic E-state index is 13.6. The van der Waals surface area contributed by atoms with Crippen molar-refractivity contribution >= 4 is 18.0 Å². The third-order valence-electron chi connectivity index (χ3n) is 5.69. The molecule has 3 aromatic rings. The molecule has 41 heavy (non-hydrogen) atoms. The first-order valence-electron chi connectivity index (χ1n) is 12.4. The zero-order valence-corrected chi connectivity index (χ0v) is 23.6. The lowest BCUT2D eigenvalue weighted by atomic mass is 10.0. The van der Waals surface area contributed by atoms with Crippen molar-refractivity contribution in [2.24, 2.45) is 13.0 Å². The first-order chi connectivity index (χ1) is 19.2. The van der Waals surface area contributed by atoms with Crippen LogP contribution in [0.25, 0.3) is 0 Å². The fourth-order valence-electron chi connectivity index (χ4n) is 3.61. The Balaban J connectivity index is 2.05. The Morgan fingerprint density at radius 2 is 1.78 bits per heavy atom. The van der Waals surface area contributed by atoms with E-state index in [4.69, 9.17) is 13.9 Å². The zero-order chi connectivity index (χ0) is 30.5. The molecular formula is C26H31FN6O8. The Hall–Kier alpha value is -4.82. The Morgan fingerprint density at radius 1 is 1.12 bits per heavy atom. The number of nitrogens with one attached hydrogen (secondary N) is 2. The highest BCUT2D eigenvalue weighted by Gasteiger charge is 2.34. The van der Waals surface area contributed by atoms with Gasteiger partial charge in [0.25, 0.3) is 17.8 Å². The fraction of sp³-hybridized carbons (Fsp3) is 0.423. The molecule has 2 heterocycles. The molecule has 2 amide bonds. The van der Waals surface area contributed by atoms with Gasteiger partial charge in [-0.1, -0.05) is 26.0 Å². The summed E-state index contributed by atoms with van der Waals surface area (Å²) < 4.78 is 35.0. The molecule has 0 spiro atoms. The average molecular weight is 575 g/mol. The zero-order valence-electron chi connectivity index (χ0n) is 23.6. The van der Waals surface area contributed by atoms with Crippen molar-refractivity contribution in [3.8, 4) is 5.75 Å². The summed E-state index contributed by atoms with van der Waals surface area (Å²) in [6.45, 7) is 7.90. The largest absolute Gasteiger partial charge is 0.511 e. The van der Waals surface area contributed by atoms with Gasteiger partial charge in [-0.3, -0.25) is 19.0 Å². The average Bonchev–Trinajstić information content (AvgIpc) is 3.36. The third-order valence-corrected chi connectivity index (χ3v) is 5.69. The second-order valence-corrected chi connectivity index (χ2v) is 9.79. The van der Waals surface area contributed by atoms with Gasteiger partial charge < -0.3 is 29.3 Å². The highest BCUT2D eigenvalue weighted by atomic mass is 19.1. The number of rotatable bonds is 10. The molecule has 14 nitrogen and oxygen atoms in total. The summed E-state index contributed by atoms with van der Waals surface area (Å²) in [5.41, 5.74) is -2.03. The Kier molecular flexibility index (Phi) is 9.42. The molecule has 220 valence electrons. The lowest BCUT2D eigenvalue weighted by Crippen LogP contribution is -2.46. The molecule has 2 N–H and O–H groups in total. The Morgan fingerprint density at radius 3 is 2.34 bits per heavy atom. The summed E-state index contributed by atoms with van der Waals surface area (Å²) in [6.07, 6.45) is -2.38. The van der Waals surface area contributed by atoms with Crippen LogP contribution in [0.5, 0.6) is 5.75 Å². The van der Waals surface area contributed by atoms with Gasteiger partial charge in [0.15, 0.2) is 5.69 Å². The number of carbonyl (C=O) groups is 3. The predicted molar refractivity (Wildman–Crippen MR) is 139 cm³/mol. The van der Waals surface area contributed by atoms with Gasteiger partial charge in [0.2, 0.25) is 11.6 Å². The van der Waals surface area contributed by atoms with Crippen molar-refractivity contribution in [3.63, 3.8) is 0 Å². The molecule has 0 aliphatic rings. The highest BCUT2D eigenvalue weighted by molar-refractivity contribution is 5.95. The number of amides is 2. The smallest absolute Gasteiger partial charge is 0.446 e. The van der Waals surface area contributed by atoms with Crippen LogP contribution in [0.15, 0.2) is 33.5 Å². The first kappa shape index (κ1) is 30.7. The first-order valence-corrected chi connectivity index (χ1v) is 12.4. The highest BCUT2D eigenvalue weighted by Crippen LogP contribution is 2.23. The van der Waals surface area contributed by atoms with Crippen LogP contribution in [-0.4, -0.2) is 51.1 Å². The van der Waals surface area contributed by atoms with Gasteiger partial charge in [0.1, 0.15) is 11.6 Å². The standard InChI is InChI=1S/C26H31FN6O8/c1-13(2)23(41-25(37)38-7)40-18-17(19(34)28-12-15-8-10-16(27)11-9-15)29-24(33(6)22(18)36)26(4,5)30-20(35)21-32-31-14(3)39-21/h8-11,13,23H,12H2,1-7H3,(H,28,34)(H,30,35). The molecule has 1 atom stereocenters. The maximum Gasteiger partial charge on any atom is 0.511 e. The van der Waals surface area contributed by atoms with Crippen LogP contribution in [0.2, 0.25) is 0 Å². The number of benzene rings is 1. The number of hydrogen-bond acceptors (Lipinski definition) is 11. The molecule has 0 bridgehead atoms. The number of aryl methyl sites for hydroxylation is 1. The number of halogens is 1. The van der Waals surface area contributed by atoms with E-state index in [0.29, 0.717) is 5.56 Å². The van der Waals surface area contributed by atoms with Crippen molar-refractivity contribution in [3.05, 3.63) is 69.3 Å². The van der Waals surface area contributed by atoms with E-state index in [0.717, 1.165) is 11.7 Å². The molecule has 1 unspecified atom stereocenters. The van der Waals surface area contributed by atoms with Gasteiger partial charge in [-0.25, -0.2) is 14.2 Å². The van der Waals surface area contributed by atoms with Crippen LogP contribution in [0.4, 0.5) is 9.18 Å². The predicted octanol–water partition coefficient (Wildman–Crippen LogP) is 2.35. The minimum Gasteiger partial charge on any atom is -0.446 e. The van der Waals surface area contributed by atoms with Crippen molar-refractivity contribution < 1.29 is 37.4 Å². The minimum absolute atomic E-state index is 0.0265. The van der Waals surface area contributed by atoms with Gasteiger partial charge in [-0.15, -0.1) is 10.2 Å². The molecule has 1 aromatic carbocycles. The number of ether oxygens (including phenoxy) is 3. The van der Waals surface area contributed by atoms with Crippen LogP contribution in [0.3, 0.4) is 0 Å². The van der Waals surface area contributed by atoms with E-state index >= 15 is 0 Å². The van der Waals surface area contributed by atoms with E-state index in [1.165, 1.54) is 38.2 Å². The molecule has 0 radical (unpaired) electrons. The van der Waals surface area contributed by atoms with Crippen LogP contribution in [-0.2, 0) is 28.6 Å². The third kappa shape index (κ3) is 7.43. The summed E-state index contributed by atoms with van der Waals surface area (Å²) >= 11 is 0. The van der Waals surface area contributed by atoms with Crippen LogP contribution < -0.4 is 20.9 Å². The van der Waals surface area contributed by atoms with Crippen LogP contribution in [0, 0.1) is 18.7 Å². The molecule has 0 aliphatic carbocycles. The van der Waals surface area contributed by atoms with Crippen molar-refractivity contribution in [1.29, 1.82) is 0 Å². The number of methoxy groups -OCH3 is 1. The lowest BCUT2D eigenvalue weighted by molar-refractivity contribution is -0.0851. The van der Waals surface area contributed by atoms with E-state index in [1.54, 1.807) is 27.7 Å². The normalized spacial score (nSPS) is 12.0. The molecule has 3 rings (SSSR count). The van der Waals surface area contributed by atoms with Gasteiger partial charge in [-0.2, -0.15) is 0 Å². The summed E-state index contributed by atoms with van der Waals surface area (Å²) in [7, 11) is 2.48. The van der Waals surface area contributed by atoms with E-state index in [-0.39, 0.29) is 24.2 Å². The van der Waals surface area contributed by atoms with Crippen LogP contribution in [0.1, 0.15) is 66.1 Å². The molecule has 0 saturated carbocycles. The summed E-state index contributed by atoms with van der Waals surface area (Å²) in [4.78, 5) is 55.9. The maximum atomic E-state index is 13.6. The lowest BCUT2D eigenvalue weighted by Gasteiger charge is -2.28. The van der Waals surface area contributed by atoms with Crippen molar-refractivity contribution in [2.75, 3.05) is 7.11 Å². The quantitative estimate of drug-likeness (QED) is 0.268. The van der Waals surface area contributed by atoms with E-state index < -0.39 is 58.5 Å². The summed E-state index contributed by atoms with van der Waals surface area (Å²) in [5.74, 6) is -3.14. The number of aromatic nitrogens is 4. The minimum atomic E-state index is -1.35. The Labute approximate surface area is 234 Å². The number of carbonyl (C=O) groups excluding carboxylic acids is 3. The van der Waals surface area contributed by atoms with Gasteiger partial charge >= 0.3 is 18.0 Å². The number of hydrogen-bond donors (Lipinski definition) is 2.